The number of aliphatic carboxylic acids is 1. The normalized spacial score (nSPS) is 20.5. The van der Waals surface area contributed by atoms with Gasteiger partial charge in [0.15, 0.2) is 0 Å². The van der Waals surface area contributed by atoms with Crippen molar-refractivity contribution in [2.45, 2.75) is 38.0 Å². The smallest absolute Gasteiger partial charge is 0.475 e. The Morgan fingerprint density at radius 3 is 2.56 bits per heavy atom. The summed E-state index contributed by atoms with van der Waals surface area (Å²) in [6.45, 7) is 3.57. The Morgan fingerprint density at radius 1 is 1.41 bits per heavy atom. The third-order valence-corrected chi connectivity index (χ3v) is 4.98. The number of nitrogens with zero attached hydrogens (tertiary/aromatic N) is 3. The molecule has 12 heteroatoms. The second-order valence-electron chi connectivity index (χ2n) is 6.82. The maximum Gasteiger partial charge on any atom is 0.490 e. The first kappa shape index (κ1) is 21.6. The maximum absolute atomic E-state index is 11.1. The van der Waals surface area contributed by atoms with Gasteiger partial charge in [0.05, 0.1) is 18.0 Å². The Bertz CT molecular complexity index is 746. The van der Waals surface area contributed by atoms with Crippen molar-refractivity contribution in [3.05, 3.63) is 18.0 Å². The lowest BCUT2D eigenvalue weighted by molar-refractivity contribution is -0.192. The number of rotatable bonds is 6. The Balaban J connectivity index is 0.000000321. The van der Waals surface area contributed by atoms with Crippen LogP contribution >= 0.6 is 0 Å². The van der Waals surface area contributed by atoms with E-state index in [2.05, 4.69) is 25.5 Å². The lowest BCUT2D eigenvalue weighted by Crippen LogP contribution is -2.40. The highest BCUT2D eigenvalue weighted by Crippen LogP contribution is 2.32. The topological polar surface area (TPSA) is 105 Å². The summed E-state index contributed by atoms with van der Waals surface area (Å²) in [6, 6.07) is 2.33. The maximum atomic E-state index is 11.1. The highest BCUT2D eigenvalue weighted by molar-refractivity contribution is 7.88. The molecule has 3 rings (SSSR count). The number of halogens is 3. The molecule has 1 aliphatic carbocycles. The quantitative estimate of drug-likeness (QED) is 0.728. The van der Waals surface area contributed by atoms with Gasteiger partial charge in [-0.05, 0) is 31.2 Å². The molecular weight excluding hydrogens is 389 g/mol. The lowest BCUT2D eigenvalue weighted by Gasteiger charge is -2.34. The number of nitrogens with one attached hydrogen (secondary N) is 1. The predicted molar refractivity (Wildman–Crippen MR) is 90.4 cm³/mol. The molecule has 2 N–H and O–H groups in total. The standard InChI is InChI=1S/C13H22N4O2S.C2HF3O2/c1-20(18,19)15-7-5-13-10-16(8-11-2-3-11)9-12-4-6-14-17(12)13;3-2(4,5)1(6)7/h4,6,11,13,15H,2-3,5,7-10H2,1H3;(H,6,7). The summed E-state index contributed by atoms with van der Waals surface area (Å²) >= 11 is 0. The summed E-state index contributed by atoms with van der Waals surface area (Å²) < 4.78 is 58.7. The van der Waals surface area contributed by atoms with Crippen LogP contribution in [0.15, 0.2) is 12.3 Å². The predicted octanol–water partition coefficient (Wildman–Crippen LogP) is 1.22. The minimum atomic E-state index is -5.08. The molecule has 1 aliphatic heterocycles. The fourth-order valence-corrected chi connectivity index (χ4v) is 3.38. The highest BCUT2D eigenvalue weighted by atomic mass is 32.2. The number of sulfonamides is 1. The van der Waals surface area contributed by atoms with Crippen LogP contribution in [0.4, 0.5) is 13.2 Å². The van der Waals surface area contributed by atoms with Crippen molar-refractivity contribution in [2.24, 2.45) is 5.92 Å². The molecule has 0 radical (unpaired) electrons. The number of aromatic nitrogens is 2. The second-order valence-corrected chi connectivity index (χ2v) is 8.65. The SMILES string of the molecule is CS(=O)(=O)NCCC1CN(CC2CC2)Cc2ccnn21.O=C(O)C(F)(F)F. The lowest BCUT2D eigenvalue weighted by atomic mass is 10.1. The van der Waals surface area contributed by atoms with Crippen LogP contribution in [0.3, 0.4) is 0 Å². The van der Waals surface area contributed by atoms with Crippen LogP contribution in [-0.2, 0) is 21.4 Å². The molecule has 1 aromatic heterocycles. The van der Waals surface area contributed by atoms with Crippen molar-refractivity contribution in [1.82, 2.24) is 19.4 Å². The molecule has 0 saturated heterocycles. The molecule has 1 fully saturated rings. The van der Waals surface area contributed by atoms with E-state index in [0.29, 0.717) is 6.54 Å². The van der Waals surface area contributed by atoms with Gasteiger partial charge in [-0.15, -0.1) is 0 Å². The summed E-state index contributed by atoms with van der Waals surface area (Å²) in [4.78, 5) is 11.4. The summed E-state index contributed by atoms with van der Waals surface area (Å²) in [5.41, 5.74) is 1.24. The number of alkyl halides is 3. The summed E-state index contributed by atoms with van der Waals surface area (Å²) in [7, 11) is -3.10. The zero-order valence-electron chi connectivity index (χ0n) is 14.8. The Hall–Kier alpha value is -1.66. The Labute approximate surface area is 155 Å². The van der Waals surface area contributed by atoms with E-state index in [1.807, 2.05) is 6.20 Å². The molecule has 0 spiro atoms. The molecule has 2 aliphatic rings. The molecule has 0 aromatic carbocycles. The molecule has 8 nitrogen and oxygen atoms in total. The van der Waals surface area contributed by atoms with Gasteiger partial charge in [-0.3, -0.25) is 9.58 Å². The van der Waals surface area contributed by atoms with Crippen LogP contribution in [0.1, 0.15) is 31.0 Å². The monoisotopic (exact) mass is 412 g/mol. The number of fused-ring (bicyclic) bond motifs is 1. The molecule has 0 bridgehead atoms. The van der Waals surface area contributed by atoms with E-state index in [-0.39, 0.29) is 6.04 Å². The van der Waals surface area contributed by atoms with Crippen LogP contribution in [0.5, 0.6) is 0 Å². The fourth-order valence-electron chi connectivity index (χ4n) is 2.89. The number of carboxylic acids is 1. The van der Waals surface area contributed by atoms with Gasteiger partial charge >= 0.3 is 12.1 Å². The number of carbonyl (C=O) groups is 1. The van der Waals surface area contributed by atoms with Crippen molar-refractivity contribution in [1.29, 1.82) is 0 Å². The van der Waals surface area contributed by atoms with Gasteiger partial charge in [0.2, 0.25) is 10.0 Å². The molecule has 0 amide bonds. The molecule has 154 valence electrons. The van der Waals surface area contributed by atoms with Gasteiger partial charge in [-0.1, -0.05) is 0 Å². The van der Waals surface area contributed by atoms with Crippen molar-refractivity contribution < 1.29 is 31.5 Å². The van der Waals surface area contributed by atoms with E-state index in [1.165, 1.54) is 31.3 Å². The zero-order chi connectivity index (χ0) is 20.2. The fraction of sp³-hybridized carbons (Fsp3) is 0.733. The van der Waals surface area contributed by atoms with Crippen molar-refractivity contribution in [3.63, 3.8) is 0 Å². The molecule has 1 saturated carbocycles. The molecule has 1 unspecified atom stereocenters. The van der Waals surface area contributed by atoms with Crippen LogP contribution in [0.2, 0.25) is 0 Å². The summed E-state index contributed by atoms with van der Waals surface area (Å²) in [6.07, 6.45) is 1.45. The first-order chi connectivity index (χ1) is 12.5. The number of carboxylic acid groups (broad SMARTS) is 1. The van der Waals surface area contributed by atoms with E-state index in [0.717, 1.165) is 25.4 Å². The van der Waals surface area contributed by atoms with E-state index in [4.69, 9.17) is 9.90 Å². The van der Waals surface area contributed by atoms with Crippen molar-refractivity contribution in [2.75, 3.05) is 25.9 Å². The molecule has 27 heavy (non-hydrogen) atoms. The average Bonchev–Trinajstić information content (AvgIpc) is 3.19. The van der Waals surface area contributed by atoms with Gasteiger partial charge < -0.3 is 5.11 Å². The third kappa shape index (κ3) is 7.46. The first-order valence-electron chi connectivity index (χ1n) is 8.45. The zero-order valence-corrected chi connectivity index (χ0v) is 15.6. The third-order valence-electron chi connectivity index (χ3n) is 4.25. The van der Waals surface area contributed by atoms with Gasteiger partial charge in [0, 0.05) is 32.4 Å². The molecule has 1 atom stereocenters. The molecule has 1 aromatic rings. The van der Waals surface area contributed by atoms with E-state index < -0.39 is 22.2 Å². The van der Waals surface area contributed by atoms with Crippen LogP contribution in [0, 0.1) is 5.92 Å². The van der Waals surface area contributed by atoms with E-state index in [1.54, 1.807) is 0 Å². The van der Waals surface area contributed by atoms with Crippen LogP contribution in [0.25, 0.3) is 0 Å². The number of hydrogen-bond acceptors (Lipinski definition) is 5. The Kier molecular flexibility index (Phi) is 6.87. The largest absolute Gasteiger partial charge is 0.490 e. The van der Waals surface area contributed by atoms with Crippen LogP contribution in [-0.4, -0.2) is 66.2 Å². The molecular formula is C15H23F3N4O4S. The van der Waals surface area contributed by atoms with Gasteiger partial charge in [-0.2, -0.15) is 18.3 Å². The van der Waals surface area contributed by atoms with E-state index >= 15 is 0 Å². The second kappa shape index (κ2) is 8.57. The molecule has 2 heterocycles. The highest BCUT2D eigenvalue weighted by Gasteiger charge is 2.38. The van der Waals surface area contributed by atoms with Gasteiger partial charge in [-0.25, -0.2) is 17.9 Å². The summed E-state index contributed by atoms with van der Waals surface area (Å²) in [5.74, 6) is -1.88. The minimum Gasteiger partial charge on any atom is -0.475 e. The summed E-state index contributed by atoms with van der Waals surface area (Å²) in [5, 5.41) is 11.5. The number of hydrogen-bond donors (Lipinski definition) is 2. The van der Waals surface area contributed by atoms with Crippen molar-refractivity contribution >= 4 is 16.0 Å². The van der Waals surface area contributed by atoms with Crippen LogP contribution < -0.4 is 4.72 Å². The first-order valence-corrected chi connectivity index (χ1v) is 10.3. The minimum absolute atomic E-state index is 0.266. The van der Waals surface area contributed by atoms with Gasteiger partial charge in [0.1, 0.15) is 0 Å². The van der Waals surface area contributed by atoms with E-state index in [9.17, 15) is 21.6 Å². The van der Waals surface area contributed by atoms with Crippen molar-refractivity contribution in [3.8, 4) is 0 Å². The van der Waals surface area contributed by atoms with Gasteiger partial charge in [0.25, 0.3) is 0 Å². The average molecular weight is 412 g/mol. The Morgan fingerprint density at radius 2 is 2.04 bits per heavy atom.